The molecule has 29 heavy (non-hydrogen) atoms. The van der Waals surface area contributed by atoms with E-state index in [1.54, 1.807) is 25.2 Å². The first-order valence-electron chi connectivity index (χ1n) is 8.97. The van der Waals surface area contributed by atoms with Crippen LogP contribution in [0.1, 0.15) is 16.8 Å². The minimum Gasteiger partial charge on any atom is -0.416 e. The molecule has 0 bridgehead atoms. The van der Waals surface area contributed by atoms with Crippen LogP contribution in [-0.4, -0.2) is 61.3 Å². The van der Waals surface area contributed by atoms with Crippen molar-refractivity contribution in [2.75, 3.05) is 25.4 Å². The number of anilines is 1. The second-order valence-electron chi connectivity index (χ2n) is 6.68. The normalized spacial score (nSPS) is 17.6. The molecular weight excluding hydrogens is 381 g/mol. The molecule has 1 atom stereocenters. The highest BCUT2D eigenvalue weighted by molar-refractivity contribution is 6.38. The van der Waals surface area contributed by atoms with Crippen LogP contribution in [0.5, 0.6) is 0 Å². The lowest BCUT2D eigenvalue weighted by molar-refractivity contribution is -0.131. The van der Waals surface area contributed by atoms with Gasteiger partial charge in [0.25, 0.3) is 11.8 Å². The minimum atomic E-state index is -3.10. The summed E-state index contributed by atoms with van der Waals surface area (Å²) in [4.78, 5) is 30.0. The fourth-order valence-corrected chi connectivity index (χ4v) is 3.25. The molecule has 1 aromatic heterocycles. The summed E-state index contributed by atoms with van der Waals surface area (Å²) in [5.74, 6) is -4.36. The standard InChI is InChI=1S/C18H19BF2N6O2/c1-23-19-26-14-4-2-3-12-13(5-6-24-16(12)14)17(29)25-9-15(28)27-10-18(20,21)7-11(27)8-22/h2-6,11,19,23,26H,7,9-10H2,1H3,(H,25,29). The highest BCUT2D eigenvalue weighted by Crippen LogP contribution is 2.31. The number of benzene rings is 1. The summed E-state index contributed by atoms with van der Waals surface area (Å²) in [6, 6.07) is 7.36. The van der Waals surface area contributed by atoms with Gasteiger partial charge in [-0.1, -0.05) is 12.1 Å². The number of hydrogen-bond donors (Lipinski definition) is 3. The maximum atomic E-state index is 13.5. The number of alkyl halides is 2. The number of fused-ring (bicyclic) bond motifs is 1. The zero-order valence-corrected chi connectivity index (χ0v) is 15.7. The van der Waals surface area contributed by atoms with Gasteiger partial charge in [-0.15, -0.1) is 0 Å². The van der Waals surface area contributed by atoms with Crippen LogP contribution in [-0.2, 0) is 4.79 Å². The van der Waals surface area contributed by atoms with Crippen molar-refractivity contribution >= 4 is 36.0 Å². The average molecular weight is 400 g/mol. The first kappa shape index (κ1) is 20.5. The van der Waals surface area contributed by atoms with Crippen LogP contribution < -0.4 is 15.8 Å². The lowest BCUT2D eigenvalue weighted by atomic mass is 10.1. The van der Waals surface area contributed by atoms with E-state index < -0.39 is 43.3 Å². The van der Waals surface area contributed by atoms with Gasteiger partial charge in [0.15, 0.2) is 0 Å². The van der Waals surface area contributed by atoms with Crippen molar-refractivity contribution in [2.45, 2.75) is 18.4 Å². The SMILES string of the molecule is CNBNc1cccc2c(C(=O)NCC(=O)N3CC(F)(F)CC3C#N)ccnc12. The summed E-state index contributed by atoms with van der Waals surface area (Å²) >= 11 is 0. The first-order valence-corrected chi connectivity index (χ1v) is 8.97. The Bertz CT molecular complexity index is 980. The molecule has 2 aromatic rings. The maximum absolute atomic E-state index is 13.5. The summed E-state index contributed by atoms with van der Waals surface area (Å²) in [6.07, 6.45) is 0.789. The zero-order valence-electron chi connectivity index (χ0n) is 15.7. The van der Waals surface area contributed by atoms with Gasteiger partial charge >= 0.3 is 7.55 Å². The third-order valence-corrected chi connectivity index (χ3v) is 4.61. The summed E-state index contributed by atoms with van der Waals surface area (Å²) in [5, 5.41) is 18.1. The van der Waals surface area contributed by atoms with Gasteiger partial charge in [-0.2, -0.15) is 5.26 Å². The summed E-state index contributed by atoms with van der Waals surface area (Å²) in [7, 11) is 2.29. The van der Waals surface area contributed by atoms with E-state index in [-0.39, 0.29) is 0 Å². The molecule has 2 heterocycles. The van der Waals surface area contributed by atoms with Crippen molar-refractivity contribution in [2.24, 2.45) is 0 Å². The number of hydrogen-bond acceptors (Lipinski definition) is 6. The van der Waals surface area contributed by atoms with E-state index in [1.165, 1.54) is 12.3 Å². The number of carbonyl (C=O) groups excluding carboxylic acids is 2. The van der Waals surface area contributed by atoms with Crippen LogP contribution in [0.4, 0.5) is 14.5 Å². The molecule has 1 aliphatic rings. The molecule has 0 spiro atoms. The first-order chi connectivity index (χ1) is 13.9. The Kier molecular flexibility index (Phi) is 5.93. The predicted molar refractivity (Wildman–Crippen MR) is 105 cm³/mol. The van der Waals surface area contributed by atoms with E-state index in [0.717, 1.165) is 10.6 Å². The fraction of sp³-hybridized carbons (Fsp3) is 0.333. The number of likely N-dealkylation sites (tertiary alicyclic amines) is 1. The van der Waals surface area contributed by atoms with Gasteiger partial charge in [0.2, 0.25) is 5.91 Å². The summed E-state index contributed by atoms with van der Waals surface area (Å²) in [6.45, 7) is -1.30. The molecule has 3 N–H and O–H groups in total. The second-order valence-corrected chi connectivity index (χ2v) is 6.68. The fourth-order valence-electron chi connectivity index (χ4n) is 3.25. The molecule has 11 heteroatoms. The molecule has 1 aromatic carbocycles. The van der Waals surface area contributed by atoms with Crippen LogP contribution in [0.2, 0.25) is 0 Å². The van der Waals surface area contributed by atoms with Gasteiger partial charge in [0.1, 0.15) is 6.04 Å². The van der Waals surface area contributed by atoms with Gasteiger partial charge < -0.3 is 20.7 Å². The molecule has 1 fully saturated rings. The number of nitrogens with one attached hydrogen (secondary N) is 3. The Balaban J connectivity index is 1.74. The van der Waals surface area contributed by atoms with Gasteiger partial charge in [0, 0.05) is 23.7 Å². The van der Waals surface area contributed by atoms with Crippen LogP contribution in [0.25, 0.3) is 10.9 Å². The van der Waals surface area contributed by atoms with Crippen molar-refractivity contribution in [1.29, 1.82) is 5.26 Å². The Morgan fingerprint density at radius 2 is 2.21 bits per heavy atom. The number of halogens is 2. The second kappa shape index (κ2) is 8.40. The van der Waals surface area contributed by atoms with Crippen molar-refractivity contribution in [3.8, 4) is 6.07 Å². The Labute approximate surface area is 166 Å². The van der Waals surface area contributed by atoms with Gasteiger partial charge in [-0.05, 0) is 19.2 Å². The van der Waals surface area contributed by atoms with E-state index in [9.17, 15) is 18.4 Å². The topological polar surface area (TPSA) is 110 Å². The van der Waals surface area contributed by atoms with Crippen LogP contribution >= 0.6 is 0 Å². The highest BCUT2D eigenvalue weighted by atomic mass is 19.3. The van der Waals surface area contributed by atoms with E-state index in [4.69, 9.17) is 5.26 Å². The monoisotopic (exact) mass is 400 g/mol. The van der Waals surface area contributed by atoms with E-state index in [0.29, 0.717) is 24.0 Å². The number of para-hydroxylation sites is 1. The summed E-state index contributed by atoms with van der Waals surface area (Å²) < 4.78 is 27.0. The van der Waals surface area contributed by atoms with Gasteiger partial charge in [0.05, 0.1) is 30.2 Å². The Morgan fingerprint density at radius 3 is 2.93 bits per heavy atom. The Hall–Kier alpha value is -3.26. The van der Waals surface area contributed by atoms with Gasteiger partial charge in [-0.25, -0.2) is 8.78 Å². The van der Waals surface area contributed by atoms with Gasteiger partial charge in [-0.3, -0.25) is 14.6 Å². The molecule has 1 unspecified atom stereocenters. The Morgan fingerprint density at radius 1 is 1.41 bits per heavy atom. The largest absolute Gasteiger partial charge is 0.416 e. The number of nitrogens with zero attached hydrogens (tertiary/aromatic N) is 3. The minimum absolute atomic E-state index is 0.305. The number of amides is 2. The van der Waals surface area contributed by atoms with E-state index in [1.807, 2.05) is 6.07 Å². The molecule has 1 aliphatic heterocycles. The van der Waals surface area contributed by atoms with Crippen molar-refractivity contribution < 1.29 is 18.4 Å². The molecule has 0 saturated carbocycles. The third-order valence-electron chi connectivity index (χ3n) is 4.61. The highest BCUT2D eigenvalue weighted by Gasteiger charge is 2.47. The van der Waals surface area contributed by atoms with Crippen molar-refractivity contribution in [3.63, 3.8) is 0 Å². The number of aromatic nitrogens is 1. The third kappa shape index (κ3) is 4.43. The number of carbonyl (C=O) groups is 2. The molecule has 2 amide bonds. The zero-order chi connectivity index (χ0) is 21.0. The molecule has 8 nitrogen and oxygen atoms in total. The molecule has 3 rings (SSSR count). The van der Waals surface area contributed by atoms with E-state index >= 15 is 0 Å². The average Bonchev–Trinajstić information content (AvgIpc) is 3.04. The maximum Gasteiger partial charge on any atom is 0.318 e. The lowest BCUT2D eigenvalue weighted by Crippen LogP contribution is -2.43. The lowest BCUT2D eigenvalue weighted by Gasteiger charge is -2.19. The number of nitriles is 1. The van der Waals surface area contributed by atoms with Crippen molar-refractivity contribution in [3.05, 3.63) is 36.0 Å². The smallest absolute Gasteiger partial charge is 0.318 e. The molecule has 150 valence electrons. The predicted octanol–water partition coefficient (Wildman–Crippen LogP) is 0.622. The van der Waals surface area contributed by atoms with E-state index in [2.05, 4.69) is 20.8 Å². The van der Waals surface area contributed by atoms with Crippen LogP contribution in [0, 0.1) is 11.3 Å². The van der Waals surface area contributed by atoms with Crippen molar-refractivity contribution in [1.82, 2.24) is 20.4 Å². The molecule has 0 aliphatic carbocycles. The summed E-state index contributed by atoms with van der Waals surface area (Å²) in [5.41, 5.74) is 1.63. The quantitative estimate of drug-likeness (QED) is 0.614. The number of rotatable bonds is 6. The molecule has 1 saturated heterocycles. The van der Waals surface area contributed by atoms with Crippen LogP contribution in [0.15, 0.2) is 30.5 Å². The van der Waals surface area contributed by atoms with Crippen LogP contribution in [0.3, 0.4) is 0 Å². The molecule has 0 radical (unpaired) electrons. The molecular formula is C18H19BF2N6O2. The number of pyridine rings is 1.